The third-order valence-electron chi connectivity index (χ3n) is 0. The van der Waals surface area contributed by atoms with E-state index < -0.39 is 11.9 Å². The van der Waals surface area contributed by atoms with Gasteiger partial charge in [0.05, 0.1) is 0 Å². The van der Waals surface area contributed by atoms with Crippen LogP contribution in [0.15, 0.2) is 0 Å². The average Bonchev–Trinajstić information content (AvgIpc) is 1.25. The van der Waals surface area contributed by atoms with Crippen molar-refractivity contribution in [1.29, 1.82) is 0 Å². The van der Waals surface area contributed by atoms with Gasteiger partial charge in [0.1, 0.15) is 0 Å². The molecule has 0 unspecified atom stereocenters. The Morgan fingerprint density at radius 3 is 1.00 bits per heavy atom. The van der Waals surface area contributed by atoms with Gasteiger partial charge < -0.3 is 15.7 Å². The summed E-state index contributed by atoms with van der Waals surface area (Å²) < 4.78 is 0. The number of hydrogen-bond donors (Lipinski definition) is 2. The minimum atomic E-state index is -0.833. The van der Waals surface area contributed by atoms with Crippen LogP contribution in [-0.2, 0) is 30.7 Å². The third kappa shape index (κ3) is 1940. The molecule has 0 aromatic heterocycles. The maximum absolute atomic E-state index is 9.00. The van der Waals surface area contributed by atoms with E-state index in [1.165, 1.54) is 0 Å². The van der Waals surface area contributed by atoms with Crippen LogP contribution in [0.3, 0.4) is 0 Å². The minimum absolute atomic E-state index is 0. The van der Waals surface area contributed by atoms with Crippen LogP contribution < -0.4 is 0 Å². The molecule has 4 N–H and O–H groups in total. The van der Waals surface area contributed by atoms with Crippen LogP contribution in [0.2, 0.25) is 0 Å². The Bertz CT molecular complexity index is 71.6. The summed E-state index contributed by atoms with van der Waals surface area (Å²) in [6.07, 6.45) is 0. The number of carboxylic acids is 2. The Labute approximate surface area is 72.6 Å². The number of carbonyl (C=O) groups is 2. The second-order valence-corrected chi connectivity index (χ2v) is 1.04. The summed E-state index contributed by atoms with van der Waals surface area (Å²) in [6.45, 7) is 2.17. The molecule has 0 aromatic rings. The van der Waals surface area contributed by atoms with E-state index in [9.17, 15) is 0 Å². The fourth-order valence-corrected chi connectivity index (χ4v) is 0. The zero-order chi connectivity index (χ0) is 7.15. The summed E-state index contributed by atoms with van der Waals surface area (Å²) in [5, 5.41) is 14.8. The maximum atomic E-state index is 9.00. The second-order valence-electron chi connectivity index (χ2n) is 1.04. The second kappa shape index (κ2) is 15.8. The molecule has 0 aliphatic heterocycles. The fourth-order valence-electron chi connectivity index (χ4n) is 0. The summed E-state index contributed by atoms with van der Waals surface area (Å²) in [7, 11) is 0. The van der Waals surface area contributed by atoms with Crippen molar-refractivity contribution in [1.82, 2.24) is 0 Å². The predicted molar refractivity (Wildman–Crippen MR) is 30.2 cm³/mol. The Balaban J connectivity index is -0.0000000300. The zero-order valence-electron chi connectivity index (χ0n) is 5.53. The van der Waals surface area contributed by atoms with Gasteiger partial charge in [-0.25, -0.2) is 0 Å². The molecule has 0 bridgehead atoms. The largest absolute Gasteiger partial charge is 0.481 e. The van der Waals surface area contributed by atoms with Crippen molar-refractivity contribution in [3.63, 3.8) is 0 Å². The Kier molecular flexibility index (Phi) is 35.9. The van der Waals surface area contributed by atoms with Crippen molar-refractivity contribution in [3.05, 3.63) is 0 Å². The molecule has 0 heterocycles. The van der Waals surface area contributed by atoms with Crippen molar-refractivity contribution in [3.8, 4) is 0 Å². The number of hydrogen-bond acceptors (Lipinski definition) is 2. The first-order valence-electron chi connectivity index (χ1n) is 1.86. The van der Waals surface area contributed by atoms with Crippen LogP contribution in [0.1, 0.15) is 13.8 Å². The Morgan fingerprint density at radius 1 is 1.00 bits per heavy atom. The molecule has 0 aliphatic carbocycles. The van der Waals surface area contributed by atoms with E-state index in [-0.39, 0.29) is 26.5 Å². The molecule has 0 fully saturated rings. The first-order chi connectivity index (χ1) is 3.46. The molecular formula is C4H10O5Pt. The molecular weight excluding hydrogens is 323 g/mol. The van der Waals surface area contributed by atoms with Crippen molar-refractivity contribution < 1.29 is 46.3 Å². The summed E-state index contributed by atoms with van der Waals surface area (Å²) in [6, 6.07) is 0. The molecule has 0 saturated carbocycles. The SMILES string of the molecule is CC(=O)O.CC(=O)O.O.[Pt]. The van der Waals surface area contributed by atoms with E-state index in [4.69, 9.17) is 19.8 Å². The van der Waals surface area contributed by atoms with Gasteiger partial charge in [-0.05, 0) is 0 Å². The number of rotatable bonds is 0. The van der Waals surface area contributed by atoms with Crippen molar-refractivity contribution >= 4 is 11.9 Å². The quantitative estimate of drug-likeness (QED) is 0.615. The normalized spacial score (nSPS) is 5.00. The average molecular weight is 333 g/mol. The van der Waals surface area contributed by atoms with Gasteiger partial charge in [0.15, 0.2) is 0 Å². The first kappa shape index (κ1) is 22.6. The first-order valence-corrected chi connectivity index (χ1v) is 1.86. The number of carboxylic acid groups (broad SMARTS) is 2. The van der Waals surface area contributed by atoms with Gasteiger partial charge in [-0.1, -0.05) is 0 Å². The standard InChI is InChI=1S/2C2H4O2.H2O.Pt/c2*1-2(3)4;;/h2*1H3,(H,3,4);1H2;. The molecule has 0 amide bonds. The Morgan fingerprint density at radius 2 is 1.00 bits per heavy atom. The van der Waals surface area contributed by atoms with Crippen molar-refractivity contribution in [2.75, 3.05) is 0 Å². The molecule has 0 aromatic carbocycles. The summed E-state index contributed by atoms with van der Waals surface area (Å²) in [5.74, 6) is -1.67. The summed E-state index contributed by atoms with van der Waals surface area (Å²) in [4.78, 5) is 18.0. The monoisotopic (exact) mass is 333 g/mol. The summed E-state index contributed by atoms with van der Waals surface area (Å²) >= 11 is 0. The molecule has 0 radical (unpaired) electrons. The topological polar surface area (TPSA) is 106 Å². The minimum Gasteiger partial charge on any atom is -0.481 e. The molecule has 6 heteroatoms. The maximum Gasteiger partial charge on any atom is 0.300 e. The van der Waals surface area contributed by atoms with E-state index in [1.807, 2.05) is 0 Å². The smallest absolute Gasteiger partial charge is 0.300 e. The molecule has 0 saturated heterocycles. The molecule has 66 valence electrons. The van der Waals surface area contributed by atoms with Crippen LogP contribution in [0.4, 0.5) is 0 Å². The van der Waals surface area contributed by atoms with Gasteiger partial charge in [0.25, 0.3) is 11.9 Å². The molecule has 0 aliphatic rings. The summed E-state index contributed by atoms with van der Waals surface area (Å²) in [5.41, 5.74) is 0. The fraction of sp³-hybridized carbons (Fsp3) is 0.500. The number of aliphatic carboxylic acids is 2. The van der Waals surface area contributed by atoms with Gasteiger partial charge >= 0.3 is 0 Å². The van der Waals surface area contributed by atoms with Crippen LogP contribution in [0.5, 0.6) is 0 Å². The molecule has 0 spiro atoms. The van der Waals surface area contributed by atoms with Crippen LogP contribution in [0.25, 0.3) is 0 Å². The van der Waals surface area contributed by atoms with Crippen molar-refractivity contribution in [2.45, 2.75) is 13.8 Å². The zero-order valence-corrected chi connectivity index (χ0v) is 7.80. The molecule has 0 rings (SSSR count). The van der Waals surface area contributed by atoms with Gasteiger partial charge in [0.2, 0.25) is 0 Å². The predicted octanol–water partition coefficient (Wildman–Crippen LogP) is -0.645. The van der Waals surface area contributed by atoms with E-state index in [2.05, 4.69) is 0 Å². The Hall–Kier alpha value is -0.412. The molecule has 0 atom stereocenters. The molecule has 5 nitrogen and oxygen atoms in total. The van der Waals surface area contributed by atoms with Gasteiger partial charge in [0, 0.05) is 34.9 Å². The van der Waals surface area contributed by atoms with Crippen LogP contribution in [-0.4, -0.2) is 27.6 Å². The van der Waals surface area contributed by atoms with Crippen molar-refractivity contribution in [2.24, 2.45) is 0 Å². The third-order valence-corrected chi connectivity index (χ3v) is 0. The van der Waals surface area contributed by atoms with Gasteiger partial charge in [-0.15, -0.1) is 0 Å². The molecule has 10 heavy (non-hydrogen) atoms. The van der Waals surface area contributed by atoms with Crippen LogP contribution >= 0.6 is 0 Å². The van der Waals surface area contributed by atoms with E-state index >= 15 is 0 Å². The van der Waals surface area contributed by atoms with Gasteiger partial charge in [-0.3, -0.25) is 9.59 Å². The van der Waals surface area contributed by atoms with Crippen LogP contribution in [0, 0.1) is 0 Å². The van der Waals surface area contributed by atoms with Gasteiger partial charge in [-0.2, -0.15) is 0 Å². The van der Waals surface area contributed by atoms with E-state index in [0.29, 0.717) is 0 Å². The van der Waals surface area contributed by atoms with E-state index in [0.717, 1.165) is 13.8 Å². The van der Waals surface area contributed by atoms with E-state index in [1.54, 1.807) is 0 Å².